The molecule has 0 bridgehead atoms. The molecule has 7 nitrogen and oxygen atoms in total. The number of rotatable bonds is 5. The van der Waals surface area contributed by atoms with Crippen molar-refractivity contribution in [2.45, 2.75) is 46.1 Å². The smallest absolute Gasteiger partial charge is 0.338 e. The molecule has 2 aromatic carbocycles. The Bertz CT molecular complexity index is 1720. The molecular weight excluding hydrogens is 510 g/mol. The number of benzene rings is 2. The average molecular weight is 542 g/mol. The number of hydrogen-bond acceptors (Lipinski definition) is 6. The highest BCUT2D eigenvalue weighted by Crippen LogP contribution is 2.36. The van der Waals surface area contributed by atoms with Crippen molar-refractivity contribution >= 4 is 34.5 Å². The second kappa shape index (κ2) is 9.93. The molecule has 0 spiro atoms. The third-order valence-corrected chi connectivity index (χ3v) is 8.10. The second-order valence-electron chi connectivity index (χ2n) is 10.6. The molecule has 1 aromatic heterocycles. The Hall–Kier alpha value is -4.04. The van der Waals surface area contributed by atoms with Gasteiger partial charge in [-0.25, -0.2) is 9.79 Å². The standard InChI is InChI=1S/C31H31N3O4S/c1-7-17-33-22-12-10-9-11-21(22)24(27(33)35)26-28(36)34-25(19-13-15-20(16-14-19)31(4,5)6)23(29(37)38-8-2)18(3)32-30(34)39-26/h7,9-16,25H,1,8,17H2,2-6H3/t25-/m1/s1. The van der Waals surface area contributed by atoms with Crippen LogP contribution in [-0.4, -0.2) is 29.6 Å². The number of amides is 1. The van der Waals surface area contributed by atoms with E-state index in [1.54, 1.807) is 24.8 Å². The Morgan fingerprint density at radius 3 is 2.46 bits per heavy atom. The van der Waals surface area contributed by atoms with Gasteiger partial charge >= 0.3 is 5.97 Å². The molecule has 3 heterocycles. The fourth-order valence-corrected chi connectivity index (χ4v) is 6.27. The van der Waals surface area contributed by atoms with Crippen LogP contribution in [0.2, 0.25) is 0 Å². The molecule has 0 saturated carbocycles. The highest BCUT2D eigenvalue weighted by Gasteiger charge is 2.37. The maximum Gasteiger partial charge on any atom is 0.338 e. The van der Waals surface area contributed by atoms with Crippen LogP contribution in [0.15, 0.2) is 82.2 Å². The van der Waals surface area contributed by atoms with Crippen LogP contribution in [0.3, 0.4) is 0 Å². The Balaban J connectivity index is 1.79. The van der Waals surface area contributed by atoms with Gasteiger partial charge in [0.05, 0.1) is 35.2 Å². The molecule has 0 N–H and O–H groups in total. The van der Waals surface area contributed by atoms with Gasteiger partial charge in [0.25, 0.3) is 11.5 Å². The number of thiazole rings is 1. The molecule has 0 saturated heterocycles. The largest absolute Gasteiger partial charge is 0.463 e. The van der Waals surface area contributed by atoms with Crippen molar-refractivity contribution in [1.82, 2.24) is 4.57 Å². The van der Waals surface area contributed by atoms with Crippen molar-refractivity contribution in [3.05, 3.63) is 109 Å². The van der Waals surface area contributed by atoms with Crippen LogP contribution >= 0.6 is 11.3 Å². The topological polar surface area (TPSA) is 81.0 Å². The number of nitrogens with zero attached hydrogens (tertiary/aromatic N) is 3. The van der Waals surface area contributed by atoms with E-state index in [1.807, 2.05) is 48.5 Å². The minimum Gasteiger partial charge on any atom is -0.463 e. The number of fused-ring (bicyclic) bond motifs is 2. The van der Waals surface area contributed by atoms with Crippen molar-refractivity contribution in [2.24, 2.45) is 4.99 Å². The third kappa shape index (κ3) is 4.38. The minimum atomic E-state index is -0.736. The Morgan fingerprint density at radius 2 is 1.82 bits per heavy atom. The van der Waals surface area contributed by atoms with E-state index in [1.165, 1.54) is 15.9 Å². The predicted octanol–water partition coefficient (Wildman–Crippen LogP) is 4.00. The van der Waals surface area contributed by atoms with Crippen molar-refractivity contribution in [1.29, 1.82) is 0 Å². The lowest BCUT2D eigenvalue weighted by molar-refractivity contribution is -0.139. The molecule has 39 heavy (non-hydrogen) atoms. The molecule has 200 valence electrons. The number of carbonyl (C=O) groups excluding carboxylic acids is 2. The molecule has 0 fully saturated rings. The third-order valence-electron chi connectivity index (χ3n) is 7.05. The first-order valence-electron chi connectivity index (χ1n) is 12.9. The zero-order chi connectivity index (χ0) is 28.1. The molecule has 0 unspecified atom stereocenters. The van der Waals surface area contributed by atoms with Crippen molar-refractivity contribution < 1.29 is 14.3 Å². The lowest BCUT2D eigenvalue weighted by atomic mass is 9.85. The molecule has 0 aliphatic carbocycles. The summed E-state index contributed by atoms with van der Waals surface area (Å²) in [6, 6.07) is 14.6. The number of para-hydroxylation sites is 1. The van der Waals surface area contributed by atoms with Gasteiger partial charge in [0.15, 0.2) is 4.80 Å². The number of allylic oxidation sites excluding steroid dienone is 1. The van der Waals surface area contributed by atoms with Gasteiger partial charge in [-0.3, -0.25) is 14.2 Å². The summed E-state index contributed by atoms with van der Waals surface area (Å²) in [5, 5.41) is 0. The molecular formula is C31H31N3O4S. The lowest BCUT2D eigenvalue weighted by Crippen LogP contribution is -2.41. The first-order valence-corrected chi connectivity index (χ1v) is 13.7. The summed E-state index contributed by atoms with van der Waals surface area (Å²) in [4.78, 5) is 47.7. The van der Waals surface area contributed by atoms with Gasteiger partial charge in [-0.2, -0.15) is 0 Å². The summed E-state index contributed by atoms with van der Waals surface area (Å²) < 4.78 is 7.23. The number of hydrogen-bond donors (Lipinski definition) is 0. The van der Waals surface area contributed by atoms with Crippen LogP contribution in [0, 0.1) is 0 Å². The fourth-order valence-electron chi connectivity index (χ4n) is 5.13. The number of esters is 1. The highest BCUT2D eigenvalue weighted by molar-refractivity contribution is 7.07. The van der Waals surface area contributed by atoms with Crippen molar-refractivity contribution in [3.63, 3.8) is 0 Å². The minimum absolute atomic E-state index is 0.0577. The maximum absolute atomic E-state index is 14.2. The quantitative estimate of drug-likeness (QED) is 0.361. The summed E-state index contributed by atoms with van der Waals surface area (Å²) in [5.41, 5.74) is 4.06. The Morgan fingerprint density at radius 1 is 1.13 bits per heavy atom. The molecule has 2 aliphatic heterocycles. The normalized spacial score (nSPS) is 18.0. The van der Waals surface area contributed by atoms with Crippen LogP contribution in [-0.2, 0) is 19.7 Å². The molecule has 0 radical (unpaired) electrons. The Kier molecular flexibility index (Phi) is 6.76. The van der Waals surface area contributed by atoms with Gasteiger partial charge in [-0.1, -0.05) is 80.6 Å². The monoisotopic (exact) mass is 541 g/mol. The van der Waals surface area contributed by atoms with Gasteiger partial charge in [-0.05, 0) is 36.5 Å². The van der Waals surface area contributed by atoms with Crippen molar-refractivity contribution in [3.8, 4) is 0 Å². The molecule has 8 heteroatoms. The summed E-state index contributed by atoms with van der Waals surface area (Å²) in [6.07, 6.45) is 1.66. The van der Waals surface area contributed by atoms with E-state index < -0.39 is 12.0 Å². The van der Waals surface area contributed by atoms with Gasteiger partial charge in [-0.15, -0.1) is 6.58 Å². The predicted molar refractivity (Wildman–Crippen MR) is 153 cm³/mol. The number of aromatic nitrogens is 1. The average Bonchev–Trinajstić information content (AvgIpc) is 3.36. The van der Waals surface area contributed by atoms with E-state index in [0.717, 1.165) is 16.8 Å². The van der Waals surface area contributed by atoms with Crippen LogP contribution in [0.4, 0.5) is 5.69 Å². The maximum atomic E-state index is 14.2. The first kappa shape index (κ1) is 26.6. The SMILES string of the molecule is C=CCN1C(=O)C(=c2sc3n(c2=O)[C@H](c2ccc(C(C)(C)C)cc2)C(C(=O)OCC)=C(C)N=3)c2ccccc21. The zero-order valence-corrected chi connectivity index (χ0v) is 23.6. The summed E-state index contributed by atoms with van der Waals surface area (Å²) in [5.74, 6) is -0.769. The summed E-state index contributed by atoms with van der Waals surface area (Å²) in [7, 11) is 0. The van der Waals surface area contributed by atoms with Gasteiger partial charge in [0.1, 0.15) is 4.53 Å². The summed E-state index contributed by atoms with van der Waals surface area (Å²) >= 11 is 1.17. The molecule has 2 aliphatic rings. The van der Waals surface area contributed by atoms with Gasteiger partial charge in [0.2, 0.25) is 0 Å². The fraction of sp³-hybridized carbons (Fsp3) is 0.290. The van der Waals surface area contributed by atoms with Crippen LogP contribution < -0.4 is 19.8 Å². The lowest BCUT2D eigenvalue weighted by Gasteiger charge is -2.26. The van der Waals surface area contributed by atoms with E-state index in [2.05, 4.69) is 32.3 Å². The molecule has 3 aromatic rings. The van der Waals surface area contributed by atoms with E-state index in [4.69, 9.17) is 4.74 Å². The molecule has 5 rings (SSSR count). The molecule has 1 atom stereocenters. The summed E-state index contributed by atoms with van der Waals surface area (Å²) in [6.45, 7) is 14.2. The molecule has 1 amide bonds. The van der Waals surface area contributed by atoms with Crippen LogP contribution in [0.1, 0.15) is 57.4 Å². The Labute approximate surface area is 231 Å². The van der Waals surface area contributed by atoms with E-state index in [0.29, 0.717) is 38.3 Å². The van der Waals surface area contributed by atoms with Crippen molar-refractivity contribution in [2.75, 3.05) is 18.1 Å². The highest BCUT2D eigenvalue weighted by atomic mass is 32.1. The second-order valence-corrected chi connectivity index (χ2v) is 11.6. The van der Waals surface area contributed by atoms with Gasteiger partial charge in [0, 0.05) is 12.1 Å². The number of anilines is 1. The van der Waals surface area contributed by atoms with E-state index in [9.17, 15) is 14.4 Å². The van der Waals surface area contributed by atoms with Crippen LogP contribution in [0.25, 0.3) is 5.57 Å². The number of carbonyl (C=O) groups is 2. The van der Waals surface area contributed by atoms with Crippen LogP contribution in [0.5, 0.6) is 0 Å². The van der Waals surface area contributed by atoms with E-state index >= 15 is 0 Å². The van der Waals surface area contributed by atoms with Gasteiger partial charge < -0.3 is 9.64 Å². The zero-order valence-electron chi connectivity index (χ0n) is 22.8. The number of ether oxygens (including phenoxy) is 1. The first-order chi connectivity index (χ1) is 18.6. The van der Waals surface area contributed by atoms with E-state index in [-0.39, 0.29) is 23.5 Å².